The van der Waals surface area contributed by atoms with Crippen molar-refractivity contribution in [2.75, 3.05) is 0 Å². The fourth-order valence-corrected chi connectivity index (χ4v) is 2.26. The molecule has 1 atom stereocenters. The summed E-state index contributed by atoms with van der Waals surface area (Å²) in [7, 11) is 0. The molecule has 3 nitrogen and oxygen atoms in total. The van der Waals surface area contributed by atoms with Gasteiger partial charge in [0.05, 0.1) is 23.0 Å². The number of nitrogens with zero attached hydrogens (tertiary/aromatic N) is 2. The molecule has 2 rings (SSSR count). The van der Waals surface area contributed by atoms with E-state index in [1.54, 1.807) is 6.20 Å². The molecular weight excluding hydrogens is 212 g/mol. The van der Waals surface area contributed by atoms with Gasteiger partial charge in [-0.2, -0.15) is 5.10 Å². The van der Waals surface area contributed by atoms with E-state index in [1.165, 1.54) is 6.42 Å². The van der Waals surface area contributed by atoms with Gasteiger partial charge >= 0.3 is 0 Å². The van der Waals surface area contributed by atoms with E-state index in [1.807, 2.05) is 18.5 Å². The molecule has 1 aromatic heterocycles. The Kier molecular flexibility index (Phi) is 3.03. The molecule has 0 aromatic carbocycles. The monoisotopic (exact) mass is 228 g/mol. The molecule has 0 radical (unpaired) electrons. The second-order valence-corrected chi connectivity index (χ2v) is 4.96. The maximum absolute atomic E-state index is 10.2. The Labute approximate surface area is 95.0 Å². The summed E-state index contributed by atoms with van der Waals surface area (Å²) in [5, 5.41) is 15.0. The van der Waals surface area contributed by atoms with Crippen LogP contribution >= 0.6 is 11.6 Å². The van der Waals surface area contributed by atoms with E-state index in [0.29, 0.717) is 10.9 Å². The van der Waals surface area contributed by atoms with Crippen molar-refractivity contribution in [3.63, 3.8) is 0 Å². The standard InChI is InChI=1S/C11H17ClN2O/c1-7(2)14-10(9(12)6-13-14)11(15)8-4-3-5-8/h6-8,11,15H,3-5H2,1-2H3. The van der Waals surface area contributed by atoms with Crippen LogP contribution in [0.5, 0.6) is 0 Å². The number of hydrogen-bond acceptors (Lipinski definition) is 2. The van der Waals surface area contributed by atoms with Crippen molar-refractivity contribution in [3.8, 4) is 0 Å². The molecule has 15 heavy (non-hydrogen) atoms. The predicted octanol–water partition coefficient (Wildman–Crippen LogP) is 2.95. The van der Waals surface area contributed by atoms with Crippen molar-refractivity contribution < 1.29 is 5.11 Å². The van der Waals surface area contributed by atoms with Crippen molar-refractivity contribution in [2.45, 2.75) is 45.3 Å². The highest BCUT2D eigenvalue weighted by atomic mass is 35.5. The molecule has 1 fully saturated rings. The Hall–Kier alpha value is -0.540. The molecule has 1 aliphatic carbocycles. The van der Waals surface area contributed by atoms with Gasteiger partial charge in [-0.25, -0.2) is 0 Å². The van der Waals surface area contributed by atoms with Crippen LogP contribution in [0.2, 0.25) is 5.02 Å². The minimum absolute atomic E-state index is 0.238. The van der Waals surface area contributed by atoms with Gasteiger partial charge in [0.25, 0.3) is 0 Å². The molecular formula is C11H17ClN2O. The molecule has 1 heterocycles. The lowest BCUT2D eigenvalue weighted by Gasteiger charge is -2.31. The number of aromatic nitrogens is 2. The molecule has 0 aliphatic heterocycles. The van der Waals surface area contributed by atoms with Gasteiger partial charge in [-0.1, -0.05) is 18.0 Å². The summed E-state index contributed by atoms with van der Waals surface area (Å²) >= 11 is 6.07. The highest BCUT2D eigenvalue weighted by Gasteiger charge is 2.31. The minimum atomic E-state index is -0.448. The van der Waals surface area contributed by atoms with Gasteiger partial charge < -0.3 is 5.11 Å². The second-order valence-electron chi connectivity index (χ2n) is 4.55. The van der Waals surface area contributed by atoms with Crippen LogP contribution in [0.4, 0.5) is 0 Å². The van der Waals surface area contributed by atoms with Crippen LogP contribution in [0.3, 0.4) is 0 Å². The Balaban J connectivity index is 2.28. The lowest BCUT2D eigenvalue weighted by atomic mass is 9.80. The van der Waals surface area contributed by atoms with Crippen LogP contribution in [0.15, 0.2) is 6.20 Å². The first kappa shape index (κ1) is 11.0. The quantitative estimate of drug-likeness (QED) is 0.864. The largest absolute Gasteiger partial charge is 0.386 e. The van der Waals surface area contributed by atoms with Crippen LogP contribution in [-0.2, 0) is 0 Å². The maximum atomic E-state index is 10.2. The van der Waals surface area contributed by atoms with Crippen molar-refractivity contribution in [2.24, 2.45) is 5.92 Å². The zero-order valence-corrected chi connectivity index (χ0v) is 9.91. The Bertz CT molecular complexity index is 344. The van der Waals surface area contributed by atoms with Crippen LogP contribution < -0.4 is 0 Å². The fraction of sp³-hybridized carbons (Fsp3) is 0.727. The summed E-state index contributed by atoms with van der Waals surface area (Å²) in [5.74, 6) is 0.372. The van der Waals surface area contributed by atoms with Gasteiger partial charge in [-0.15, -0.1) is 0 Å². The van der Waals surface area contributed by atoms with Gasteiger partial charge in [0.1, 0.15) is 0 Å². The normalized spacial score (nSPS) is 19.3. The van der Waals surface area contributed by atoms with Crippen molar-refractivity contribution >= 4 is 11.6 Å². The molecule has 84 valence electrons. The molecule has 0 bridgehead atoms. The van der Waals surface area contributed by atoms with Crippen LogP contribution in [0.1, 0.15) is 50.9 Å². The molecule has 1 N–H and O–H groups in total. The average Bonchev–Trinajstić information content (AvgIpc) is 2.43. The number of aliphatic hydroxyl groups is 1. The van der Waals surface area contributed by atoms with Gasteiger partial charge in [-0.05, 0) is 32.6 Å². The van der Waals surface area contributed by atoms with Crippen molar-refractivity contribution in [1.29, 1.82) is 0 Å². The van der Waals surface area contributed by atoms with E-state index in [0.717, 1.165) is 18.5 Å². The Morgan fingerprint density at radius 3 is 2.67 bits per heavy atom. The summed E-state index contributed by atoms with van der Waals surface area (Å²) in [5.41, 5.74) is 0.788. The topological polar surface area (TPSA) is 38.0 Å². The molecule has 1 aliphatic rings. The van der Waals surface area contributed by atoms with Crippen LogP contribution in [-0.4, -0.2) is 14.9 Å². The molecule has 1 saturated carbocycles. The van der Waals surface area contributed by atoms with E-state index in [2.05, 4.69) is 5.10 Å². The third-order valence-electron chi connectivity index (χ3n) is 3.15. The Morgan fingerprint density at radius 1 is 1.53 bits per heavy atom. The molecule has 1 unspecified atom stereocenters. The van der Waals surface area contributed by atoms with Gasteiger partial charge in [-0.3, -0.25) is 4.68 Å². The summed E-state index contributed by atoms with van der Waals surface area (Å²) in [6.45, 7) is 4.08. The summed E-state index contributed by atoms with van der Waals surface area (Å²) in [4.78, 5) is 0. The number of halogens is 1. The third-order valence-corrected chi connectivity index (χ3v) is 3.44. The molecule has 0 amide bonds. The summed E-state index contributed by atoms with van der Waals surface area (Å²) in [6.07, 6.45) is 4.59. The summed E-state index contributed by atoms with van der Waals surface area (Å²) in [6, 6.07) is 0.238. The summed E-state index contributed by atoms with van der Waals surface area (Å²) < 4.78 is 1.82. The highest BCUT2D eigenvalue weighted by Crippen LogP contribution is 2.40. The van der Waals surface area contributed by atoms with Gasteiger partial charge in [0.2, 0.25) is 0 Å². The minimum Gasteiger partial charge on any atom is -0.386 e. The predicted molar refractivity (Wildman–Crippen MR) is 59.9 cm³/mol. The van der Waals surface area contributed by atoms with Gasteiger partial charge in [0.15, 0.2) is 0 Å². The second kappa shape index (κ2) is 4.14. The first-order chi connectivity index (χ1) is 7.11. The first-order valence-corrected chi connectivity index (χ1v) is 5.90. The Morgan fingerprint density at radius 2 is 2.20 bits per heavy atom. The van der Waals surface area contributed by atoms with E-state index < -0.39 is 6.10 Å². The smallest absolute Gasteiger partial charge is 0.0999 e. The van der Waals surface area contributed by atoms with E-state index >= 15 is 0 Å². The number of aliphatic hydroxyl groups excluding tert-OH is 1. The van der Waals surface area contributed by atoms with E-state index in [9.17, 15) is 5.11 Å². The lowest BCUT2D eigenvalue weighted by molar-refractivity contribution is 0.0538. The molecule has 4 heteroatoms. The number of hydrogen-bond donors (Lipinski definition) is 1. The molecule has 0 saturated heterocycles. The fourth-order valence-electron chi connectivity index (χ4n) is 2.02. The van der Waals surface area contributed by atoms with Crippen molar-refractivity contribution in [3.05, 3.63) is 16.9 Å². The highest BCUT2D eigenvalue weighted by molar-refractivity contribution is 6.31. The van der Waals surface area contributed by atoms with Crippen LogP contribution in [0, 0.1) is 5.92 Å². The van der Waals surface area contributed by atoms with Crippen LogP contribution in [0.25, 0.3) is 0 Å². The zero-order valence-electron chi connectivity index (χ0n) is 9.15. The van der Waals surface area contributed by atoms with Crippen molar-refractivity contribution in [1.82, 2.24) is 9.78 Å². The maximum Gasteiger partial charge on any atom is 0.0999 e. The average molecular weight is 229 g/mol. The zero-order chi connectivity index (χ0) is 11.0. The van der Waals surface area contributed by atoms with E-state index in [4.69, 9.17) is 11.6 Å². The third kappa shape index (κ3) is 1.91. The molecule has 0 spiro atoms. The SMILES string of the molecule is CC(C)n1ncc(Cl)c1C(O)C1CCC1. The van der Waals surface area contributed by atoms with Gasteiger partial charge in [0, 0.05) is 6.04 Å². The lowest BCUT2D eigenvalue weighted by Crippen LogP contribution is -2.23. The van der Waals surface area contributed by atoms with E-state index in [-0.39, 0.29) is 6.04 Å². The first-order valence-electron chi connectivity index (χ1n) is 5.52. The molecule has 1 aromatic rings. The number of rotatable bonds is 3.